The first-order chi connectivity index (χ1) is 19.0. The monoisotopic (exact) mass is 569 g/mol. The van der Waals surface area contributed by atoms with Crippen LogP contribution in [0.15, 0.2) is 21.7 Å². The van der Waals surface area contributed by atoms with E-state index in [0.29, 0.717) is 12.3 Å². The highest BCUT2D eigenvalue weighted by atomic mass is 32.2. The standard InChI is InChI=1S/C28H39N7O4S/c1-28(2)13-12-21-25(20-10-7-11-22(20)32-26(21)28)33-27(38)34-40(29,39)19-15-31-35(17-19)24(37)16-30-23(36)14-18-8-5-3-4-6-9-18/h15,17-18H,3-14,16H2,1-2H3,(H,30,36)(H3,29,32,33,34,38,39). The summed E-state index contributed by atoms with van der Waals surface area (Å²) >= 11 is 0. The zero-order chi connectivity index (χ0) is 28.5. The summed E-state index contributed by atoms with van der Waals surface area (Å²) < 4.78 is 18.0. The topological polar surface area (TPSA) is 161 Å². The van der Waals surface area contributed by atoms with E-state index in [2.05, 4.69) is 33.9 Å². The molecule has 0 radical (unpaired) electrons. The minimum absolute atomic E-state index is 0.0490. The summed E-state index contributed by atoms with van der Waals surface area (Å²) in [6, 6.07) is -0.815. The fourth-order valence-electron chi connectivity index (χ4n) is 6.19. The van der Waals surface area contributed by atoms with Gasteiger partial charge in [0.1, 0.15) is 14.8 Å². The van der Waals surface area contributed by atoms with E-state index in [1.165, 1.54) is 19.0 Å². The number of anilines is 1. The molecule has 1 fully saturated rings. The van der Waals surface area contributed by atoms with E-state index in [4.69, 9.17) is 10.1 Å². The van der Waals surface area contributed by atoms with Gasteiger partial charge in [0.25, 0.3) is 5.91 Å². The van der Waals surface area contributed by atoms with Gasteiger partial charge in [0, 0.05) is 17.5 Å². The van der Waals surface area contributed by atoms with Crippen LogP contribution in [0.3, 0.4) is 0 Å². The van der Waals surface area contributed by atoms with Gasteiger partial charge >= 0.3 is 6.03 Å². The van der Waals surface area contributed by atoms with Gasteiger partial charge in [0.15, 0.2) is 0 Å². The maximum Gasteiger partial charge on any atom is 0.354 e. The summed E-state index contributed by atoms with van der Waals surface area (Å²) in [5.74, 6) is -0.325. The van der Waals surface area contributed by atoms with Crippen molar-refractivity contribution in [2.45, 2.75) is 101 Å². The molecular weight excluding hydrogens is 530 g/mol. The molecule has 2 aromatic heterocycles. The Morgan fingerprint density at radius 3 is 2.60 bits per heavy atom. The van der Waals surface area contributed by atoms with Crippen LogP contribution in [0, 0.1) is 5.92 Å². The molecule has 3 amide bonds. The number of nitrogens with one attached hydrogen (secondary N) is 2. The highest BCUT2D eigenvalue weighted by Gasteiger charge is 2.36. The van der Waals surface area contributed by atoms with Gasteiger partial charge in [-0.25, -0.2) is 18.8 Å². The fraction of sp³-hybridized carbons (Fsp3) is 0.607. The number of aryl methyl sites for hydroxylation is 1. The number of aromatic nitrogens is 3. The molecule has 0 bridgehead atoms. The molecule has 216 valence electrons. The van der Waals surface area contributed by atoms with Crippen molar-refractivity contribution in [3.05, 3.63) is 34.9 Å². The second kappa shape index (κ2) is 11.4. The van der Waals surface area contributed by atoms with Crippen LogP contribution in [0.4, 0.5) is 10.5 Å². The van der Waals surface area contributed by atoms with Crippen molar-refractivity contribution in [3.8, 4) is 0 Å². The number of carbonyl (C=O) groups excluding carboxylic acids is 3. The Kier molecular flexibility index (Phi) is 8.10. The van der Waals surface area contributed by atoms with Gasteiger partial charge in [-0.15, -0.1) is 4.36 Å². The van der Waals surface area contributed by atoms with Gasteiger partial charge in [0.05, 0.1) is 30.3 Å². The summed E-state index contributed by atoms with van der Waals surface area (Å²) in [7, 11) is -3.67. The van der Waals surface area contributed by atoms with E-state index >= 15 is 0 Å². The number of hydrogen-bond acceptors (Lipinski definition) is 6. The largest absolute Gasteiger partial charge is 0.354 e. The highest BCUT2D eigenvalue weighted by Crippen LogP contribution is 2.44. The lowest BCUT2D eigenvalue weighted by atomic mass is 9.90. The summed E-state index contributed by atoms with van der Waals surface area (Å²) in [5.41, 5.74) is 4.66. The predicted octanol–water partition coefficient (Wildman–Crippen LogP) is 4.04. The van der Waals surface area contributed by atoms with Gasteiger partial charge < -0.3 is 10.6 Å². The van der Waals surface area contributed by atoms with Crippen molar-refractivity contribution in [2.24, 2.45) is 15.4 Å². The number of nitrogens with zero attached hydrogens (tertiary/aromatic N) is 4. The Labute approximate surface area is 235 Å². The average molecular weight is 570 g/mol. The van der Waals surface area contributed by atoms with E-state index in [0.717, 1.165) is 96.9 Å². The number of carbonyl (C=O) groups is 3. The third-order valence-corrected chi connectivity index (χ3v) is 9.78. The molecule has 12 heteroatoms. The molecule has 0 aliphatic heterocycles. The number of fused-ring (bicyclic) bond motifs is 2. The molecule has 40 heavy (non-hydrogen) atoms. The molecule has 1 atom stereocenters. The van der Waals surface area contributed by atoms with Crippen LogP contribution >= 0.6 is 0 Å². The number of amides is 3. The van der Waals surface area contributed by atoms with Crippen LogP contribution in [-0.2, 0) is 39.4 Å². The Morgan fingerprint density at radius 1 is 1.10 bits per heavy atom. The molecule has 11 nitrogen and oxygen atoms in total. The van der Waals surface area contributed by atoms with E-state index in [1.807, 2.05) is 0 Å². The van der Waals surface area contributed by atoms with Gasteiger partial charge in [-0.2, -0.15) is 5.10 Å². The zero-order valence-corrected chi connectivity index (χ0v) is 24.1. The van der Waals surface area contributed by atoms with E-state index in [-0.39, 0.29) is 22.8 Å². The van der Waals surface area contributed by atoms with E-state index in [9.17, 15) is 18.6 Å². The summed E-state index contributed by atoms with van der Waals surface area (Å²) in [5, 5.41) is 15.4. The summed E-state index contributed by atoms with van der Waals surface area (Å²) in [4.78, 5) is 42.8. The van der Waals surface area contributed by atoms with Gasteiger partial charge in [-0.05, 0) is 62.0 Å². The molecular formula is C28H39N7O4S. The zero-order valence-electron chi connectivity index (χ0n) is 23.3. The van der Waals surface area contributed by atoms with Crippen molar-refractivity contribution >= 4 is 33.4 Å². The molecule has 3 aliphatic carbocycles. The van der Waals surface area contributed by atoms with E-state index in [1.54, 1.807) is 0 Å². The molecule has 0 aromatic carbocycles. The fourth-order valence-corrected chi connectivity index (χ4v) is 7.04. The minimum atomic E-state index is -3.67. The van der Waals surface area contributed by atoms with Crippen LogP contribution in [0.2, 0.25) is 0 Å². The smallest absolute Gasteiger partial charge is 0.347 e. The lowest BCUT2D eigenvalue weighted by Crippen LogP contribution is -2.33. The van der Waals surface area contributed by atoms with Crippen LogP contribution in [0.25, 0.3) is 0 Å². The number of rotatable bonds is 6. The van der Waals surface area contributed by atoms with Gasteiger partial charge in [-0.1, -0.05) is 39.5 Å². The number of pyridine rings is 1. The molecule has 4 N–H and O–H groups in total. The van der Waals surface area contributed by atoms with Crippen LogP contribution in [-0.4, -0.2) is 43.4 Å². The molecule has 0 spiro atoms. The lowest BCUT2D eigenvalue weighted by molar-refractivity contribution is -0.122. The van der Waals surface area contributed by atoms with Crippen molar-refractivity contribution in [3.63, 3.8) is 0 Å². The predicted molar refractivity (Wildman–Crippen MR) is 151 cm³/mol. The molecule has 1 saturated carbocycles. The van der Waals surface area contributed by atoms with Gasteiger partial charge in [0.2, 0.25) is 5.91 Å². The van der Waals surface area contributed by atoms with Crippen molar-refractivity contribution < 1.29 is 18.6 Å². The third kappa shape index (κ3) is 6.12. The van der Waals surface area contributed by atoms with E-state index < -0.39 is 21.9 Å². The molecule has 0 saturated heterocycles. The molecule has 3 aliphatic rings. The normalized spacial score (nSPS) is 19.7. The van der Waals surface area contributed by atoms with Crippen LogP contribution < -0.4 is 15.8 Å². The Morgan fingerprint density at radius 2 is 1.85 bits per heavy atom. The summed E-state index contributed by atoms with van der Waals surface area (Å²) in [6.07, 6.45) is 13.9. The number of hydrogen-bond donors (Lipinski definition) is 3. The average Bonchev–Trinajstić information content (AvgIpc) is 3.59. The quantitative estimate of drug-likeness (QED) is 0.445. The van der Waals surface area contributed by atoms with Crippen molar-refractivity contribution in [1.29, 1.82) is 0 Å². The Balaban J connectivity index is 1.24. The molecule has 1 unspecified atom stereocenters. The first-order valence-corrected chi connectivity index (χ1v) is 15.9. The minimum Gasteiger partial charge on any atom is -0.347 e. The Bertz CT molecular complexity index is 1450. The first kappa shape index (κ1) is 28.4. The maximum atomic E-state index is 13.2. The first-order valence-electron chi connectivity index (χ1n) is 14.3. The second-order valence-electron chi connectivity index (χ2n) is 11.9. The molecule has 2 heterocycles. The number of urea groups is 1. The SMILES string of the molecule is CC1(C)CCc2c1nc1c(c2NC(=O)N=S(N)(=O)c2cnn(C(=O)CNC(=O)CC3CCCCCC3)c2)CCC1. The van der Waals surface area contributed by atoms with Gasteiger partial charge in [-0.3, -0.25) is 14.6 Å². The molecule has 5 rings (SSSR count). The lowest BCUT2D eigenvalue weighted by Gasteiger charge is -2.20. The Hall–Kier alpha value is -3.12. The van der Waals surface area contributed by atoms with Crippen LogP contribution in [0.1, 0.15) is 98.9 Å². The molecule has 2 aromatic rings. The second-order valence-corrected chi connectivity index (χ2v) is 13.7. The third-order valence-electron chi connectivity index (χ3n) is 8.45. The van der Waals surface area contributed by atoms with Crippen molar-refractivity contribution in [1.82, 2.24) is 20.1 Å². The van der Waals surface area contributed by atoms with Crippen LogP contribution in [0.5, 0.6) is 0 Å². The summed E-state index contributed by atoms with van der Waals surface area (Å²) in [6.45, 7) is 4.06. The highest BCUT2D eigenvalue weighted by molar-refractivity contribution is 7.91. The maximum absolute atomic E-state index is 13.2. The van der Waals surface area contributed by atoms with Crippen molar-refractivity contribution in [2.75, 3.05) is 11.9 Å². The number of nitrogens with two attached hydrogens (primary N) is 1.